The number of terminal acetylenes is 1. The predicted molar refractivity (Wildman–Crippen MR) is 121 cm³/mol. The second-order valence-electron chi connectivity index (χ2n) is 6.90. The van der Waals surface area contributed by atoms with Crippen molar-refractivity contribution < 1.29 is 4.21 Å². The van der Waals surface area contributed by atoms with Gasteiger partial charge in [-0.25, -0.2) is 9.19 Å². The van der Waals surface area contributed by atoms with E-state index >= 15 is 0 Å². The molecule has 7 nitrogen and oxygen atoms in total. The SMILES string of the molecule is C#C.CC.N=C(C1CCCC1)n1c(=N)cnc2[nH]ccc21.NS(=O)CC1CCC1. The number of aromatic amines is 1. The molecule has 4 rings (SSSR count). The number of H-pyrrole nitrogens is 1. The van der Waals surface area contributed by atoms with Crippen LogP contribution in [0, 0.1) is 35.5 Å². The molecule has 0 radical (unpaired) electrons. The van der Waals surface area contributed by atoms with E-state index in [9.17, 15) is 4.21 Å². The number of nitrogens with two attached hydrogens (primary N) is 1. The summed E-state index contributed by atoms with van der Waals surface area (Å²) in [6.45, 7) is 4.00. The van der Waals surface area contributed by atoms with Crippen molar-refractivity contribution in [1.29, 1.82) is 10.8 Å². The van der Waals surface area contributed by atoms with Gasteiger partial charge < -0.3 is 4.98 Å². The molecule has 0 aromatic carbocycles. The van der Waals surface area contributed by atoms with E-state index in [2.05, 4.69) is 22.8 Å². The van der Waals surface area contributed by atoms with E-state index in [0.717, 1.165) is 29.8 Å². The average Bonchev–Trinajstić information content (AvgIpc) is 3.40. The molecular weight excluding hydrogens is 384 g/mol. The number of nitrogens with one attached hydrogen (secondary N) is 3. The maximum atomic E-state index is 10.3. The highest BCUT2D eigenvalue weighted by molar-refractivity contribution is 7.82. The van der Waals surface area contributed by atoms with Crippen LogP contribution in [0.5, 0.6) is 0 Å². The Bertz CT molecular complexity index is 859. The Morgan fingerprint density at radius 2 is 1.90 bits per heavy atom. The molecule has 2 aromatic heterocycles. The summed E-state index contributed by atoms with van der Waals surface area (Å²) in [5.41, 5.74) is 1.85. The monoisotopic (exact) mass is 418 g/mol. The second-order valence-corrected chi connectivity index (χ2v) is 8.00. The van der Waals surface area contributed by atoms with E-state index in [1.165, 1.54) is 38.3 Å². The molecule has 1 atom stereocenters. The first kappa shape index (κ1) is 24.8. The third-order valence-electron chi connectivity index (χ3n) is 5.11. The van der Waals surface area contributed by atoms with E-state index in [1.807, 2.05) is 19.9 Å². The summed E-state index contributed by atoms with van der Waals surface area (Å²) >= 11 is 0. The lowest BCUT2D eigenvalue weighted by Crippen LogP contribution is -2.31. The summed E-state index contributed by atoms with van der Waals surface area (Å²) in [5, 5.41) is 21.3. The van der Waals surface area contributed by atoms with E-state index in [0.29, 0.717) is 17.7 Å². The molecule has 5 N–H and O–H groups in total. The second kappa shape index (κ2) is 13.1. The topological polar surface area (TPSA) is 124 Å². The fourth-order valence-corrected chi connectivity index (χ4v) is 4.28. The molecule has 2 saturated carbocycles. The quantitative estimate of drug-likeness (QED) is 0.346. The first-order chi connectivity index (χ1) is 14.1. The van der Waals surface area contributed by atoms with Crippen molar-refractivity contribution in [3.63, 3.8) is 0 Å². The lowest BCUT2D eigenvalue weighted by molar-refractivity contribution is 0.350. The minimum absolute atomic E-state index is 0.286. The number of rotatable bonds is 3. The van der Waals surface area contributed by atoms with Gasteiger partial charge in [-0.2, -0.15) is 0 Å². The summed E-state index contributed by atoms with van der Waals surface area (Å²) in [6, 6.07) is 1.88. The Hall–Kier alpha value is -2.24. The van der Waals surface area contributed by atoms with Crippen molar-refractivity contribution in [2.45, 2.75) is 58.8 Å². The standard InChI is InChI=1S/C12H15N5.C5H11NOS.C2H6.C2H2/c13-10-7-16-12-9(5-6-15-12)17(10)11(14)8-3-1-2-4-8;6-8(7)4-5-2-1-3-5;2*1-2/h5-8,13-15H,1-4H2;5H,1-4,6H2;1-2H3;1-2H. The molecule has 2 fully saturated rings. The maximum Gasteiger partial charge on any atom is 0.154 e. The molecule has 0 amide bonds. The summed E-state index contributed by atoms with van der Waals surface area (Å²) < 4.78 is 12.0. The third kappa shape index (κ3) is 6.94. The molecule has 0 saturated heterocycles. The van der Waals surface area contributed by atoms with Crippen molar-refractivity contribution in [3.8, 4) is 12.8 Å². The molecule has 8 heteroatoms. The minimum Gasteiger partial charge on any atom is -0.345 e. The average molecular weight is 419 g/mol. The van der Waals surface area contributed by atoms with Gasteiger partial charge in [-0.15, -0.1) is 12.8 Å². The van der Waals surface area contributed by atoms with Gasteiger partial charge in [0.05, 0.1) is 22.7 Å². The van der Waals surface area contributed by atoms with Crippen LogP contribution < -0.4 is 10.6 Å². The molecule has 2 aliphatic rings. The van der Waals surface area contributed by atoms with Gasteiger partial charge in [-0.3, -0.25) is 20.5 Å². The van der Waals surface area contributed by atoms with E-state index in [-0.39, 0.29) is 5.49 Å². The Kier molecular flexibility index (Phi) is 11.2. The van der Waals surface area contributed by atoms with Gasteiger partial charge in [0, 0.05) is 17.9 Å². The van der Waals surface area contributed by atoms with E-state index < -0.39 is 11.0 Å². The van der Waals surface area contributed by atoms with Crippen molar-refractivity contribution >= 4 is 28.0 Å². The normalized spacial score (nSPS) is 16.9. The molecule has 0 spiro atoms. The highest BCUT2D eigenvalue weighted by atomic mass is 32.2. The van der Waals surface area contributed by atoms with Crippen LogP contribution in [0.1, 0.15) is 58.8 Å². The van der Waals surface area contributed by atoms with Crippen LogP contribution in [-0.2, 0) is 11.0 Å². The number of hydrogen-bond acceptors (Lipinski definition) is 4. The number of nitrogens with zero attached hydrogens (tertiary/aromatic N) is 2. The maximum absolute atomic E-state index is 10.3. The molecule has 2 aliphatic carbocycles. The van der Waals surface area contributed by atoms with Gasteiger partial charge in [0.15, 0.2) is 5.65 Å². The minimum atomic E-state index is -1.04. The van der Waals surface area contributed by atoms with Gasteiger partial charge in [0.1, 0.15) is 11.3 Å². The predicted octanol–water partition coefficient (Wildman–Crippen LogP) is 3.54. The molecule has 0 aliphatic heterocycles. The van der Waals surface area contributed by atoms with Gasteiger partial charge in [0.2, 0.25) is 0 Å². The molecule has 160 valence electrons. The zero-order valence-electron chi connectivity index (χ0n) is 17.5. The Balaban J connectivity index is 0.000000296. The van der Waals surface area contributed by atoms with Crippen LogP contribution in [0.15, 0.2) is 18.5 Å². The third-order valence-corrected chi connectivity index (χ3v) is 5.91. The molecular formula is C21H34N6OS. The summed E-state index contributed by atoms with van der Waals surface area (Å²) in [6.07, 6.45) is 19.6. The van der Waals surface area contributed by atoms with Gasteiger partial charge in [0.25, 0.3) is 0 Å². The Morgan fingerprint density at radius 1 is 1.28 bits per heavy atom. The highest BCUT2D eigenvalue weighted by Gasteiger charge is 2.22. The van der Waals surface area contributed by atoms with Crippen LogP contribution in [0.3, 0.4) is 0 Å². The lowest BCUT2D eigenvalue weighted by Gasteiger charge is -2.23. The van der Waals surface area contributed by atoms with Crippen molar-refractivity contribution in [2.24, 2.45) is 17.0 Å². The van der Waals surface area contributed by atoms with Crippen LogP contribution in [0.25, 0.3) is 11.2 Å². The van der Waals surface area contributed by atoms with Crippen LogP contribution in [0.2, 0.25) is 0 Å². The zero-order chi connectivity index (χ0) is 21.8. The number of fused-ring (bicyclic) bond motifs is 1. The fraction of sp³-hybridized carbons (Fsp3) is 0.571. The summed E-state index contributed by atoms with van der Waals surface area (Å²) in [4.78, 5) is 7.17. The molecule has 2 heterocycles. The summed E-state index contributed by atoms with van der Waals surface area (Å²) in [7, 11) is -1.04. The van der Waals surface area contributed by atoms with E-state index in [4.69, 9.17) is 16.0 Å². The number of aromatic nitrogens is 3. The fourth-order valence-electron chi connectivity index (χ4n) is 3.48. The zero-order valence-corrected chi connectivity index (χ0v) is 18.3. The van der Waals surface area contributed by atoms with Crippen LogP contribution in [0.4, 0.5) is 0 Å². The van der Waals surface area contributed by atoms with Crippen molar-refractivity contribution in [2.75, 3.05) is 5.75 Å². The van der Waals surface area contributed by atoms with Crippen LogP contribution >= 0.6 is 0 Å². The van der Waals surface area contributed by atoms with Crippen molar-refractivity contribution in [1.82, 2.24) is 14.5 Å². The Morgan fingerprint density at radius 3 is 2.38 bits per heavy atom. The van der Waals surface area contributed by atoms with Crippen molar-refractivity contribution in [3.05, 3.63) is 23.9 Å². The van der Waals surface area contributed by atoms with E-state index in [1.54, 1.807) is 10.8 Å². The summed E-state index contributed by atoms with van der Waals surface area (Å²) in [5.74, 6) is 2.24. The van der Waals surface area contributed by atoms with Gasteiger partial charge in [-0.1, -0.05) is 33.1 Å². The van der Waals surface area contributed by atoms with Crippen LogP contribution in [-0.4, -0.2) is 30.3 Å². The smallest absolute Gasteiger partial charge is 0.154 e. The number of hydrogen-bond donors (Lipinski definition) is 4. The molecule has 29 heavy (non-hydrogen) atoms. The molecule has 2 aromatic rings. The van der Waals surface area contributed by atoms with Gasteiger partial charge >= 0.3 is 0 Å². The molecule has 1 unspecified atom stereocenters. The molecule has 0 bridgehead atoms. The van der Waals surface area contributed by atoms with Gasteiger partial charge in [-0.05, 0) is 37.7 Å². The Labute approximate surface area is 176 Å². The lowest BCUT2D eigenvalue weighted by atomic mass is 9.87. The highest BCUT2D eigenvalue weighted by Crippen LogP contribution is 2.27. The first-order valence-electron chi connectivity index (χ1n) is 10.2. The largest absolute Gasteiger partial charge is 0.345 e. The first-order valence-corrected chi connectivity index (χ1v) is 11.6.